The monoisotopic (exact) mass is 321 g/mol. The maximum Gasteiger partial charge on any atom is 0.316 e. The predicted octanol–water partition coefficient (Wildman–Crippen LogP) is 2.89. The van der Waals surface area contributed by atoms with Crippen molar-refractivity contribution in [2.24, 2.45) is 0 Å². The molecule has 19 heavy (non-hydrogen) atoms. The van der Waals surface area contributed by atoms with Crippen molar-refractivity contribution in [3.8, 4) is 6.01 Å². The molecule has 1 heterocycles. The lowest BCUT2D eigenvalue weighted by Crippen LogP contribution is -2.13. The Hall–Kier alpha value is -1.95. The first kappa shape index (κ1) is 13.5. The molecule has 0 aliphatic heterocycles. The van der Waals surface area contributed by atoms with Crippen molar-refractivity contribution < 1.29 is 9.53 Å². The lowest BCUT2D eigenvalue weighted by Gasteiger charge is -2.06. The van der Waals surface area contributed by atoms with Gasteiger partial charge in [-0.1, -0.05) is 12.1 Å². The average molecular weight is 322 g/mol. The average Bonchev–Trinajstić information content (AvgIpc) is 2.42. The summed E-state index contributed by atoms with van der Waals surface area (Å²) in [5.74, 6) is -0.222. The highest BCUT2D eigenvalue weighted by atomic mass is 79.9. The second kappa shape index (κ2) is 6.29. The van der Waals surface area contributed by atoms with E-state index in [4.69, 9.17) is 4.74 Å². The van der Waals surface area contributed by atoms with Gasteiger partial charge in [-0.2, -0.15) is 0 Å². The van der Waals surface area contributed by atoms with E-state index in [2.05, 4.69) is 31.2 Å². The van der Waals surface area contributed by atoms with Crippen LogP contribution in [-0.2, 0) is 0 Å². The highest BCUT2D eigenvalue weighted by Gasteiger charge is 2.09. The summed E-state index contributed by atoms with van der Waals surface area (Å²) < 4.78 is 5.86. The highest BCUT2D eigenvalue weighted by Crippen LogP contribution is 2.17. The van der Waals surface area contributed by atoms with Crippen molar-refractivity contribution in [3.05, 3.63) is 46.7 Å². The Bertz CT molecular complexity index is 572. The summed E-state index contributed by atoms with van der Waals surface area (Å²) in [5, 5.41) is 2.72. The van der Waals surface area contributed by atoms with Gasteiger partial charge in [-0.15, -0.1) is 0 Å². The molecule has 0 unspecified atom stereocenters. The fourth-order valence-electron chi connectivity index (χ4n) is 1.43. The first-order valence-corrected chi connectivity index (χ1v) is 6.50. The van der Waals surface area contributed by atoms with Crippen LogP contribution in [0, 0.1) is 0 Å². The van der Waals surface area contributed by atoms with Gasteiger partial charge in [0.25, 0.3) is 5.91 Å². The smallest absolute Gasteiger partial charge is 0.316 e. The summed E-state index contributed by atoms with van der Waals surface area (Å²) in [4.78, 5) is 20.0. The Balaban J connectivity index is 2.09. The van der Waals surface area contributed by atoms with Crippen LogP contribution in [0.1, 0.15) is 17.3 Å². The SMILES string of the molecule is CCOc1ncc(NC(=O)c2ccccc2Br)cn1. The summed E-state index contributed by atoms with van der Waals surface area (Å²) >= 11 is 3.33. The molecule has 0 radical (unpaired) electrons. The second-order valence-corrected chi connectivity index (χ2v) is 4.48. The van der Waals surface area contributed by atoms with Crippen molar-refractivity contribution in [1.82, 2.24) is 9.97 Å². The van der Waals surface area contributed by atoms with Crippen LogP contribution in [-0.4, -0.2) is 22.5 Å². The number of rotatable bonds is 4. The summed E-state index contributed by atoms with van der Waals surface area (Å²) in [5.41, 5.74) is 1.07. The molecule has 2 aromatic rings. The largest absolute Gasteiger partial charge is 0.464 e. The molecular formula is C13H12BrN3O2. The molecule has 0 saturated heterocycles. The fraction of sp³-hybridized carbons (Fsp3) is 0.154. The third-order valence-electron chi connectivity index (χ3n) is 2.28. The van der Waals surface area contributed by atoms with Crippen molar-refractivity contribution in [2.45, 2.75) is 6.92 Å². The third-order valence-corrected chi connectivity index (χ3v) is 2.97. The van der Waals surface area contributed by atoms with Gasteiger partial charge >= 0.3 is 6.01 Å². The van der Waals surface area contributed by atoms with E-state index in [1.165, 1.54) is 12.4 Å². The van der Waals surface area contributed by atoms with Crippen molar-refractivity contribution in [3.63, 3.8) is 0 Å². The Kier molecular flexibility index (Phi) is 4.46. The normalized spacial score (nSPS) is 10.0. The van der Waals surface area contributed by atoms with Gasteiger partial charge in [0.15, 0.2) is 0 Å². The quantitative estimate of drug-likeness (QED) is 0.940. The van der Waals surface area contributed by atoms with E-state index in [1.54, 1.807) is 12.1 Å². The first-order valence-electron chi connectivity index (χ1n) is 5.71. The molecule has 0 bridgehead atoms. The second-order valence-electron chi connectivity index (χ2n) is 3.62. The van der Waals surface area contributed by atoms with Gasteiger partial charge in [0.2, 0.25) is 0 Å². The maximum atomic E-state index is 12.0. The van der Waals surface area contributed by atoms with Crippen LogP contribution in [0.3, 0.4) is 0 Å². The molecule has 1 amide bonds. The van der Waals surface area contributed by atoms with E-state index in [9.17, 15) is 4.79 Å². The van der Waals surface area contributed by atoms with Gasteiger partial charge in [-0.3, -0.25) is 4.79 Å². The fourth-order valence-corrected chi connectivity index (χ4v) is 1.89. The number of benzene rings is 1. The summed E-state index contributed by atoms with van der Waals surface area (Å²) in [6.07, 6.45) is 3.01. The molecule has 0 spiro atoms. The number of hydrogen-bond donors (Lipinski definition) is 1. The van der Waals surface area contributed by atoms with Gasteiger partial charge in [-0.25, -0.2) is 9.97 Å². The maximum absolute atomic E-state index is 12.0. The number of carbonyl (C=O) groups is 1. The van der Waals surface area contributed by atoms with E-state index in [-0.39, 0.29) is 5.91 Å². The van der Waals surface area contributed by atoms with Crippen molar-refractivity contribution in [2.75, 3.05) is 11.9 Å². The number of halogens is 1. The predicted molar refractivity (Wildman–Crippen MR) is 75.3 cm³/mol. The first-order chi connectivity index (χ1) is 9.20. The molecule has 2 rings (SSSR count). The number of nitrogens with zero attached hydrogens (tertiary/aromatic N) is 2. The molecule has 0 aliphatic rings. The zero-order valence-electron chi connectivity index (χ0n) is 10.3. The van der Waals surface area contributed by atoms with E-state index >= 15 is 0 Å². The van der Waals surface area contributed by atoms with Crippen LogP contribution in [0.25, 0.3) is 0 Å². The Morgan fingerprint density at radius 2 is 2.00 bits per heavy atom. The van der Waals surface area contributed by atoms with E-state index in [1.807, 2.05) is 19.1 Å². The molecule has 1 N–H and O–H groups in total. The number of ether oxygens (including phenoxy) is 1. The molecular weight excluding hydrogens is 310 g/mol. The topological polar surface area (TPSA) is 64.1 Å². The van der Waals surface area contributed by atoms with Crippen LogP contribution in [0.4, 0.5) is 5.69 Å². The molecule has 0 aliphatic carbocycles. The van der Waals surface area contributed by atoms with Gasteiger partial charge in [0.1, 0.15) is 0 Å². The lowest BCUT2D eigenvalue weighted by molar-refractivity contribution is 0.102. The zero-order chi connectivity index (χ0) is 13.7. The molecule has 5 nitrogen and oxygen atoms in total. The van der Waals surface area contributed by atoms with E-state index in [0.29, 0.717) is 23.9 Å². The number of hydrogen-bond acceptors (Lipinski definition) is 4. The van der Waals surface area contributed by atoms with Crippen LogP contribution < -0.4 is 10.1 Å². The van der Waals surface area contributed by atoms with Gasteiger partial charge < -0.3 is 10.1 Å². The van der Waals surface area contributed by atoms with Gasteiger partial charge in [0.05, 0.1) is 30.3 Å². The number of anilines is 1. The zero-order valence-corrected chi connectivity index (χ0v) is 11.8. The third kappa shape index (κ3) is 3.51. The van der Waals surface area contributed by atoms with Crippen LogP contribution in [0.15, 0.2) is 41.1 Å². The van der Waals surface area contributed by atoms with Crippen LogP contribution in [0.5, 0.6) is 6.01 Å². The highest BCUT2D eigenvalue weighted by molar-refractivity contribution is 9.10. The number of aromatic nitrogens is 2. The minimum Gasteiger partial charge on any atom is -0.464 e. The number of nitrogens with one attached hydrogen (secondary N) is 1. The van der Waals surface area contributed by atoms with Crippen molar-refractivity contribution >= 4 is 27.5 Å². The Labute approximate surface area is 119 Å². The Morgan fingerprint density at radius 1 is 1.32 bits per heavy atom. The molecule has 0 fully saturated rings. The molecule has 98 valence electrons. The minimum absolute atomic E-state index is 0.222. The van der Waals surface area contributed by atoms with E-state index < -0.39 is 0 Å². The summed E-state index contributed by atoms with van der Waals surface area (Å²) in [6, 6.07) is 7.48. The molecule has 0 saturated carbocycles. The lowest BCUT2D eigenvalue weighted by atomic mass is 10.2. The number of carbonyl (C=O) groups excluding carboxylic acids is 1. The van der Waals surface area contributed by atoms with Gasteiger partial charge in [-0.05, 0) is 35.0 Å². The standard InChI is InChI=1S/C13H12BrN3O2/c1-2-19-13-15-7-9(8-16-13)17-12(18)10-5-3-4-6-11(10)14/h3-8H,2H2,1H3,(H,17,18). The molecule has 1 aromatic carbocycles. The molecule has 6 heteroatoms. The minimum atomic E-state index is -0.222. The summed E-state index contributed by atoms with van der Waals surface area (Å²) in [7, 11) is 0. The van der Waals surface area contributed by atoms with Crippen molar-refractivity contribution in [1.29, 1.82) is 0 Å². The van der Waals surface area contributed by atoms with Crippen LogP contribution >= 0.6 is 15.9 Å². The number of amides is 1. The molecule has 1 aromatic heterocycles. The Morgan fingerprint density at radius 3 is 2.63 bits per heavy atom. The van der Waals surface area contributed by atoms with E-state index in [0.717, 1.165) is 4.47 Å². The van der Waals surface area contributed by atoms with Crippen LogP contribution in [0.2, 0.25) is 0 Å². The summed E-state index contributed by atoms with van der Waals surface area (Å²) in [6.45, 7) is 2.36. The molecule has 0 atom stereocenters. The van der Waals surface area contributed by atoms with Gasteiger partial charge in [0, 0.05) is 4.47 Å².